The molecule has 0 spiro atoms. The quantitative estimate of drug-likeness (QED) is 0.728. The number of aliphatic imine (C=N–C) groups is 1. The molecule has 0 saturated heterocycles. The highest BCUT2D eigenvalue weighted by atomic mass is 16.5. The Morgan fingerprint density at radius 1 is 1.21 bits per heavy atom. The Hall–Kier alpha value is -2.03. The van der Waals surface area contributed by atoms with Gasteiger partial charge >= 0.3 is 0 Å². The van der Waals surface area contributed by atoms with E-state index in [0.29, 0.717) is 0 Å². The van der Waals surface area contributed by atoms with Crippen LogP contribution in [0.3, 0.4) is 0 Å². The van der Waals surface area contributed by atoms with Crippen LogP contribution in [0.1, 0.15) is 19.4 Å². The van der Waals surface area contributed by atoms with E-state index in [4.69, 9.17) is 9.47 Å². The van der Waals surface area contributed by atoms with Crippen LogP contribution in [0.5, 0.6) is 11.5 Å². The molecule has 0 aromatic heterocycles. The monoisotopic (exact) mass is 259 g/mol. The summed E-state index contributed by atoms with van der Waals surface area (Å²) >= 11 is 0. The molecule has 0 radical (unpaired) electrons. The molecule has 3 nitrogen and oxygen atoms in total. The van der Waals surface area contributed by atoms with Crippen LogP contribution in [-0.2, 0) is 6.42 Å². The molecule has 0 fully saturated rings. The van der Waals surface area contributed by atoms with Gasteiger partial charge in [-0.15, -0.1) is 0 Å². The lowest BCUT2D eigenvalue weighted by Crippen LogP contribution is -1.94. The van der Waals surface area contributed by atoms with Gasteiger partial charge in [0.15, 0.2) is 11.5 Å². The summed E-state index contributed by atoms with van der Waals surface area (Å²) in [5, 5.41) is 0. The van der Waals surface area contributed by atoms with Crippen LogP contribution in [-0.4, -0.2) is 20.4 Å². The Morgan fingerprint density at radius 2 is 1.89 bits per heavy atom. The molecule has 102 valence electrons. The maximum atomic E-state index is 5.27. The second kappa shape index (κ2) is 7.41. The third-order valence-electron chi connectivity index (χ3n) is 2.47. The minimum absolute atomic E-state index is 0.731. The van der Waals surface area contributed by atoms with Gasteiger partial charge in [-0.1, -0.05) is 18.2 Å². The number of rotatable bonds is 6. The zero-order valence-corrected chi connectivity index (χ0v) is 12.1. The Balaban J connectivity index is 2.75. The van der Waals surface area contributed by atoms with Crippen LogP contribution in [0.15, 0.2) is 47.1 Å². The molecule has 1 aromatic rings. The molecule has 0 unspecified atom stereocenters. The summed E-state index contributed by atoms with van der Waals surface area (Å²) in [4.78, 5) is 4.20. The second-order valence-corrected chi connectivity index (χ2v) is 4.51. The first-order chi connectivity index (χ1) is 9.06. The lowest BCUT2D eigenvalue weighted by molar-refractivity contribution is 0.354. The largest absolute Gasteiger partial charge is 0.493 e. The van der Waals surface area contributed by atoms with Gasteiger partial charge in [0.2, 0.25) is 0 Å². The van der Waals surface area contributed by atoms with Crippen molar-refractivity contribution >= 4 is 6.21 Å². The zero-order chi connectivity index (χ0) is 14.3. The normalized spacial score (nSPS) is 10.3. The van der Waals surface area contributed by atoms with Crippen LogP contribution in [0.25, 0.3) is 0 Å². The van der Waals surface area contributed by atoms with Gasteiger partial charge in [0, 0.05) is 12.4 Å². The molecule has 19 heavy (non-hydrogen) atoms. The molecular weight excluding hydrogens is 238 g/mol. The van der Waals surface area contributed by atoms with Crippen molar-refractivity contribution in [2.24, 2.45) is 4.99 Å². The fourth-order valence-electron chi connectivity index (χ4n) is 1.59. The number of ether oxygens (including phenoxy) is 2. The van der Waals surface area contributed by atoms with E-state index < -0.39 is 0 Å². The summed E-state index contributed by atoms with van der Waals surface area (Å²) in [7, 11) is 3.26. The van der Waals surface area contributed by atoms with E-state index in [1.165, 1.54) is 0 Å². The summed E-state index contributed by atoms with van der Waals surface area (Å²) in [5.41, 5.74) is 3.23. The van der Waals surface area contributed by atoms with Crippen molar-refractivity contribution in [1.82, 2.24) is 0 Å². The van der Waals surface area contributed by atoms with E-state index >= 15 is 0 Å². The highest BCUT2D eigenvalue weighted by Gasteiger charge is 2.04. The highest BCUT2D eigenvalue weighted by molar-refractivity contribution is 5.78. The van der Waals surface area contributed by atoms with Gasteiger partial charge in [-0.2, -0.15) is 0 Å². The lowest BCUT2D eigenvalue weighted by atomic mass is 10.1. The zero-order valence-electron chi connectivity index (χ0n) is 12.1. The molecule has 0 saturated carbocycles. The number of hydrogen-bond donors (Lipinski definition) is 0. The molecule has 0 N–H and O–H groups in total. The van der Waals surface area contributed by atoms with Crippen molar-refractivity contribution in [1.29, 1.82) is 0 Å². The Morgan fingerprint density at radius 3 is 2.47 bits per heavy atom. The first kappa shape index (κ1) is 15.0. The number of allylic oxidation sites excluding steroid dienone is 2. The molecule has 0 aliphatic rings. The maximum Gasteiger partial charge on any atom is 0.160 e. The van der Waals surface area contributed by atoms with Gasteiger partial charge < -0.3 is 9.47 Å². The lowest BCUT2D eigenvalue weighted by Gasteiger charge is -2.09. The van der Waals surface area contributed by atoms with E-state index in [1.54, 1.807) is 20.4 Å². The summed E-state index contributed by atoms with van der Waals surface area (Å²) in [5.74, 6) is 1.46. The van der Waals surface area contributed by atoms with E-state index in [2.05, 4.69) is 11.6 Å². The Bertz CT molecular complexity index is 497. The maximum absolute atomic E-state index is 5.27. The number of hydrogen-bond acceptors (Lipinski definition) is 3. The van der Waals surface area contributed by atoms with Crippen LogP contribution < -0.4 is 9.47 Å². The van der Waals surface area contributed by atoms with E-state index in [-0.39, 0.29) is 0 Å². The fraction of sp³-hybridized carbons (Fsp3) is 0.312. The van der Waals surface area contributed by atoms with Crippen molar-refractivity contribution in [2.75, 3.05) is 14.2 Å². The number of nitrogens with zero attached hydrogens (tertiary/aromatic N) is 1. The first-order valence-electron chi connectivity index (χ1n) is 6.12. The minimum atomic E-state index is 0.731. The Kier molecular flexibility index (Phi) is 5.86. The van der Waals surface area contributed by atoms with Gasteiger partial charge in [-0.05, 0) is 43.5 Å². The van der Waals surface area contributed by atoms with E-state index in [0.717, 1.165) is 34.6 Å². The molecule has 0 heterocycles. The highest BCUT2D eigenvalue weighted by Crippen LogP contribution is 2.28. The average Bonchev–Trinajstić information content (AvgIpc) is 2.38. The van der Waals surface area contributed by atoms with Crippen LogP contribution in [0.2, 0.25) is 0 Å². The van der Waals surface area contributed by atoms with Gasteiger partial charge in [-0.25, -0.2) is 0 Å². The van der Waals surface area contributed by atoms with Crippen LogP contribution in [0.4, 0.5) is 0 Å². The molecule has 1 rings (SSSR count). The van der Waals surface area contributed by atoms with Crippen molar-refractivity contribution in [3.05, 3.63) is 47.7 Å². The Labute approximate surface area is 115 Å². The van der Waals surface area contributed by atoms with Crippen LogP contribution in [0, 0.1) is 0 Å². The fourth-order valence-corrected chi connectivity index (χ4v) is 1.59. The molecule has 0 aliphatic carbocycles. The summed E-state index contributed by atoms with van der Waals surface area (Å²) in [6.45, 7) is 8.01. The topological polar surface area (TPSA) is 30.8 Å². The van der Waals surface area contributed by atoms with Crippen molar-refractivity contribution < 1.29 is 9.47 Å². The predicted molar refractivity (Wildman–Crippen MR) is 80.3 cm³/mol. The molecule has 1 aromatic carbocycles. The molecule has 0 bridgehead atoms. The minimum Gasteiger partial charge on any atom is -0.493 e. The van der Waals surface area contributed by atoms with Crippen molar-refractivity contribution in [3.8, 4) is 11.5 Å². The average molecular weight is 259 g/mol. The molecule has 3 heteroatoms. The SMILES string of the molecule is C=C(C=NC=C(C)C)Cc1ccc(OC)c(OC)c1. The standard InChI is InChI=1S/C16H21NO2/c1-12(2)10-17-11-13(3)8-14-6-7-15(18-4)16(9-14)19-5/h6-7,9-11H,3,8H2,1-2,4-5H3. The summed E-state index contributed by atoms with van der Waals surface area (Å²) in [6, 6.07) is 5.86. The molecule has 0 amide bonds. The van der Waals surface area contributed by atoms with E-state index in [1.807, 2.05) is 38.2 Å². The van der Waals surface area contributed by atoms with Crippen molar-refractivity contribution in [2.45, 2.75) is 20.3 Å². The summed E-state index contributed by atoms with van der Waals surface area (Å²) < 4.78 is 10.5. The van der Waals surface area contributed by atoms with Gasteiger partial charge in [0.1, 0.15) is 0 Å². The van der Waals surface area contributed by atoms with Gasteiger partial charge in [0.05, 0.1) is 14.2 Å². The molecule has 0 atom stereocenters. The van der Waals surface area contributed by atoms with Gasteiger partial charge in [-0.3, -0.25) is 4.99 Å². The molecular formula is C16H21NO2. The smallest absolute Gasteiger partial charge is 0.160 e. The molecule has 0 aliphatic heterocycles. The second-order valence-electron chi connectivity index (χ2n) is 4.51. The van der Waals surface area contributed by atoms with Crippen LogP contribution >= 0.6 is 0 Å². The predicted octanol–water partition coefficient (Wildman–Crippen LogP) is 3.80. The van der Waals surface area contributed by atoms with Crippen molar-refractivity contribution in [3.63, 3.8) is 0 Å². The first-order valence-corrected chi connectivity index (χ1v) is 6.12. The number of methoxy groups -OCH3 is 2. The summed E-state index contributed by atoms with van der Waals surface area (Å²) in [6.07, 6.45) is 4.34. The van der Waals surface area contributed by atoms with Gasteiger partial charge in [0.25, 0.3) is 0 Å². The third kappa shape index (κ3) is 5.00. The number of benzene rings is 1. The van der Waals surface area contributed by atoms with E-state index in [9.17, 15) is 0 Å². The third-order valence-corrected chi connectivity index (χ3v) is 2.47.